The van der Waals surface area contributed by atoms with E-state index in [1.165, 1.54) is 32.4 Å². The van der Waals surface area contributed by atoms with Crippen LogP contribution in [0.15, 0.2) is 0 Å². The molecule has 4 nitrogen and oxygen atoms in total. The predicted octanol–water partition coefficient (Wildman–Crippen LogP) is 1.27. The number of carbonyl (C=O) groups is 1. The Kier molecular flexibility index (Phi) is 4.40. The first-order valence-corrected chi connectivity index (χ1v) is 6.81. The number of rotatable bonds is 4. The van der Waals surface area contributed by atoms with E-state index in [0.29, 0.717) is 6.42 Å². The van der Waals surface area contributed by atoms with Gasteiger partial charge in [-0.3, -0.25) is 4.79 Å². The average Bonchev–Trinajstić information content (AvgIpc) is 2.29. The van der Waals surface area contributed by atoms with Crippen molar-refractivity contribution in [1.29, 1.82) is 0 Å². The van der Waals surface area contributed by atoms with E-state index in [9.17, 15) is 4.79 Å². The molecule has 2 rings (SSSR count). The van der Waals surface area contributed by atoms with Gasteiger partial charge in [0.2, 0.25) is 0 Å². The standard InChI is InChI=1S/C13H24N2O2/c1-14-7-2-4-11-10-15(9-6-12(11)14)8-3-5-13(16)17/h11-12H,2-10H2,1H3,(H,16,17). The van der Waals surface area contributed by atoms with Gasteiger partial charge in [-0.05, 0) is 58.3 Å². The SMILES string of the molecule is CN1CCCC2CN(CCCC(=O)O)CCC21. The number of aliphatic carboxylic acids is 1. The lowest BCUT2D eigenvalue weighted by atomic mass is 9.84. The minimum Gasteiger partial charge on any atom is -0.481 e. The van der Waals surface area contributed by atoms with E-state index in [2.05, 4.69) is 16.8 Å². The Morgan fingerprint density at radius 1 is 1.35 bits per heavy atom. The van der Waals surface area contributed by atoms with Crippen LogP contribution in [0.4, 0.5) is 0 Å². The van der Waals surface area contributed by atoms with Crippen molar-refractivity contribution in [2.45, 2.75) is 38.1 Å². The van der Waals surface area contributed by atoms with Crippen LogP contribution in [-0.2, 0) is 4.79 Å². The van der Waals surface area contributed by atoms with E-state index in [-0.39, 0.29) is 0 Å². The first-order chi connectivity index (χ1) is 8.16. The molecule has 0 saturated carbocycles. The minimum atomic E-state index is -0.669. The molecule has 0 radical (unpaired) electrons. The molecule has 0 aliphatic carbocycles. The second kappa shape index (κ2) is 5.83. The summed E-state index contributed by atoms with van der Waals surface area (Å²) in [5.41, 5.74) is 0. The van der Waals surface area contributed by atoms with Crippen molar-refractivity contribution in [2.24, 2.45) is 5.92 Å². The molecule has 2 aliphatic heterocycles. The maximum Gasteiger partial charge on any atom is 0.303 e. The second-order valence-corrected chi connectivity index (χ2v) is 5.54. The van der Waals surface area contributed by atoms with E-state index in [4.69, 9.17) is 5.11 Å². The summed E-state index contributed by atoms with van der Waals surface area (Å²) in [5.74, 6) is 0.143. The van der Waals surface area contributed by atoms with Gasteiger partial charge in [0.25, 0.3) is 0 Å². The summed E-state index contributed by atoms with van der Waals surface area (Å²) in [4.78, 5) is 15.5. The van der Waals surface area contributed by atoms with Crippen LogP contribution < -0.4 is 0 Å². The number of fused-ring (bicyclic) bond motifs is 1. The van der Waals surface area contributed by atoms with Gasteiger partial charge in [-0.25, -0.2) is 0 Å². The van der Waals surface area contributed by atoms with Gasteiger partial charge in [0.05, 0.1) is 0 Å². The number of likely N-dealkylation sites (tertiary alicyclic amines) is 2. The van der Waals surface area contributed by atoms with E-state index in [0.717, 1.165) is 31.5 Å². The van der Waals surface area contributed by atoms with Gasteiger partial charge in [0, 0.05) is 19.0 Å². The normalized spacial score (nSPS) is 31.1. The molecule has 2 unspecified atom stereocenters. The maximum absolute atomic E-state index is 10.5. The third kappa shape index (κ3) is 3.42. The van der Waals surface area contributed by atoms with Gasteiger partial charge >= 0.3 is 5.97 Å². The van der Waals surface area contributed by atoms with Crippen LogP contribution in [0.25, 0.3) is 0 Å². The highest BCUT2D eigenvalue weighted by molar-refractivity contribution is 5.66. The fourth-order valence-corrected chi connectivity index (χ4v) is 3.38. The number of carboxylic acids is 1. The van der Waals surface area contributed by atoms with Gasteiger partial charge in [-0.2, -0.15) is 0 Å². The van der Waals surface area contributed by atoms with Gasteiger partial charge in [-0.15, -0.1) is 0 Å². The number of piperidine rings is 2. The summed E-state index contributed by atoms with van der Waals surface area (Å²) in [6, 6.07) is 0.777. The summed E-state index contributed by atoms with van der Waals surface area (Å²) in [6.45, 7) is 4.53. The van der Waals surface area contributed by atoms with E-state index >= 15 is 0 Å². The van der Waals surface area contributed by atoms with Crippen molar-refractivity contribution in [3.63, 3.8) is 0 Å². The zero-order chi connectivity index (χ0) is 12.3. The van der Waals surface area contributed by atoms with Crippen LogP contribution in [0.5, 0.6) is 0 Å². The highest BCUT2D eigenvalue weighted by Crippen LogP contribution is 2.29. The Morgan fingerprint density at radius 2 is 2.18 bits per heavy atom. The van der Waals surface area contributed by atoms with E-state index < -0.39 is 5.97 Å². The monoisotopic (exact) mass is 240 g/mol. The maximum atomic E-state index is 10.5. The number of hydrogen-bond donors (Lipinski definition) is 1. The van der Waals surface area contributed by atoms with Gasteiger partial charge in [-0.1, -0.05) is 0 Å². The molecule has 2 heterocycles. The van der Waals surface area contributed by atoms with Crippen molar-refractivity contribution in [3.05, 3.63) is 0 Å². The summed E-state index contributed by atoms with van der Waals surface area (Å²) >= 11 is 0. The molecule has 4 heteroatoms. The van der Waals surface area contributed by atoms with Crippen LogP contribution in [0, 0.1) is 5.92 Å². The lowest BCUT2D eigenvalue weighted by molar-refractivity contribution is -0.137. The number of carboxylic acid groups (broad SMARTS) is 1. The average molecular weight is 240 g/mol. The van der Waals surface area contributed by atoms with Gasteiger partial charge in [0.15, 0.2) is 0 Å². The highest BCUT2D eigenvalue weighted by Gasteiger charge is 2.33. The summed E-state index contributed by atoms with van der Waals surface area (Å²) in [7, 11) is 2.25. The fraction of sp³-hybridized carbons (Fsp3) is 0.923. The van der Waals surface area contributed by atoms with E-state index in [1.54, 1.807) is 0 Å². The van der Waals surface area contributed by atoms with E-state index in [1.807, 2.05) is 0 Å². The molecule has 2 atom stereocenters. The molecule has 98 valence electrons. The Hall–Kier alpha value is -0.610. The lowest BCUT2D eigenvalue weighted by Crippen LogP contribution is -2.52. The van der Waals surface area contributed by atoms with Crippen molar-refractivity contribution in [2.75, 3.05) is 33.2 Å². The van der Waals surface area contributed by atoms with Crippen LogP contribution in [0.1, 0.15) is 32.1 Å². The Morgan fingerprint density at radius 3 is 2.94 bits per heavy atom. The Balaban J connectivity index is 1.75. The Labute approximate surface area is 104 Å². The smallest absolute Gasteiger partial charge is 0.303 e. The van der Waals surface area contributed by atoms with Crippen molar-refractivity contribution >= 4 is 5.97 Å². The topological polar surface area (TPSA) is 43.8 Å². The second-order valence-electron chi connectivity index (χ2n) is 5.54. The van der Waals surface area contributed by atoms with Gasteiger partial charge < -0.3 is 14.9 Å². The molecule has 0 aromatic carbocycles. The van der Waals surface area contributed by atoms with Gasteiger partial charge in [0.1, 0.15) is 0 Å². The predicted molar refractivity (Wildman–Crippen MR) is 67.1 cm³/mol. The first-order valence-electron chi connectivity index (χ1n) is 6.81. The zero-order valence-corrected chi connectivity index (χ0v) is 10.8. The quantitative estimate of drug-likeness (QED) is 0.803. The molecule has 0 aromatic heterocycles. The van der Waals surface area contributed by atoms with Crippen molar-refractivity contribution in [1.82, 2.24) is 9.80 Å². The molecule has 1 N–H and O–H groups in total. The molecule has 0 spiro atoms. The van der Waals surface area contributed by atoms with Crippen LogP contribution >= 0.6 is 0 Å². The lowest BCUT2D eigenvalue weighted by Gasteiger charge is -2.46. The molecule has 0 aromatic rings. The van der Waals surface area contributed by atoms with Crippen LogP contribution in [-0.4, -0.2) is 60.1 Å². The van der Waals surface area contributed by atoms with Crippen molar-refractivity contribution in [3.8, 4) is 0 Å². The Bertz CT molecular complexity index is 270. The largest absolute Gasteiger partial charge is 0.481 e. The molecule has 0 amide bonds. The molecule has 2 fully saturated rings. The third-order valence-corrected chi connectivity index (χ3v) is 4.29. The highest BCUT2D eigenvalue weighted by atomic mass is 16.4. The third-order valence-electron chi connectivity index (χ3n) is 4.29. The fourth-order valence-electron chi connectivity index (χ4n) is 3.38. The molecule has 2 saturated heterocycles. The molecule has 17 heavy (non-hydrogen) atoms. The number of hydrogen-bond acceptors (Lipinski definition) is 3. The summed E-state index contributed by atoms with van der Waals surface area (Å²) < 4.78 is 0. The first kappa shape index (κ1) is 12.8. The summed E-state index contributed by atoms with van der Waals surface area (Å²) in [5, 5.41) is 8.64. The number of nitrogens with zero attached hydrogens (tertiary/aromatic N) is 2. The molecule has 2 aliphatic rings. The van der Waals surface area contributed by atoms with Crippen LogP contribution in [0.2, 0.25) is 0 Å². The summed E-state index contributed by atoms with van der Waals surface area (Å²) in [6.07, 6.45) is 5.03. The zero-order valence-electron chi connectivity index (χ0n) is 10.8. The molecular formula is C13H24N2O2. The van der Waals surface area contributed by atoms with Crippen LogP contribution in [0.3, 0.4) is 0 Å². The van der Waals surface area contributed by atoms with Crippen molar-refractivity contribution < 1.29 is 9.90 Å². The molecular weight excluding hydrogens is 216 g/mol. The minimum absolute atomic E-state index is 0.310. The molecule has 0 bridgehead atoms.